The van der Waals surface area contributed by atoms with Crippen LogP contribution in [0.3, 0.4) is 0 Å². The molecular weight excluding hydrogens is 192 g/mol. The molecule has 0 aromatic heterocycles. The highest BCUT2D eigenvalue weighted by molar-refractivity contribution is 7.86. The Kier molecular flexibility index (Phi) is 2.70. The molecule has 4 nitrogen and oxygen atoms in total. The van der Waals surface area contributed by atoms with Gasteiger partial charge in [-0.2, -0.15) is 8.42 Å². The highest BCUT2D eigenvalue weighted by Gasteiger charge is 2.16. The molecule has 0 bridgehead atoms. The van der Waals surface area contributed by atoms with Crippen LogP contribution in [0.25, 0.3) is 0 Å². The maximum atomic E-state index is 11.1. The van der Waals surface area contributed by atoms with Crippen LogP contribution in [0.2, 0.25) is 0 Å². The summed E-state index contributed by atoms with van der Waals surface area (Å²) in [6.07, 6.45) is 0. The summed E-state index contributed by atoms with van der Waals surface area (Å²) in [5.41, 5.74) is 1.50. The fraction of sp³-hybridized carbons (Fsp3) is 0.250. The van der Waals surface area contributed by atoms with Crippen LogP contribution in [0, 0.1) is 13.8 Å². The average Bonchev–Trinajstić information content (AvgIpc) is 2.03. The third-order valence-electron chi connectivity index (χ3n) is 1.70. The minimum atomic E-state index is -3.99. The fourth-order valence-electron chi connectivity index (χ4n) is 1.12. The lowest BCUT2D eigenvalue weighted by Gasteiger charge is -2.04. The minimum absolute atomic E-state index is 0.0133. The molecular formula is C8H10O4S. The van der Waals surface area contributed by atoms with E-state index < -0.39 is 10.1 Å². The lowest BCUT2D eigenvalue weighted by Crippen LogP contribution is -2.05. The summed E-state index contributed by atoms with van der Waals surface area (Å²) in [6, 6.07) is 4.74. The molecule has 0 aliphatic rings. The first kappa shape index (κ1) is 10.2. The van der Waals surface area contributed by atoms with E-state index in [1.807, 2.05) is 6.92 Å². The van der Waals surface area contributed by atoms with Crippen molar-refractivity contribution in [2.45, 2.75) is 18.7 Å². The van der Waals surface area contributed by atoms with E-state index >= 15 is 0 Å². The molecule has 0 fully saturated rings. The second-order valence-corrected chi connectivity index (χ2v) is 4.29. The summed E-state index contributed by atoms with van der Waals surface area (Å²) in [4.78, 5) is -0.0133. The monoisotopic (exact) mass is 202 g/mol. The van der Waals surface area contributed by atoms with Gasteiger partial charge in [-0.3, -0.25) is 0 Å². The molecule has 0 saturated carbocycles. The van der Waals surface area contributed by atoms with Crippen molar-refractivity contribution in [3.63, 3.8) is 0 Å². The van der Waals surface area contributed by atoms with Crippen LogP contribution in [-0.2, 0) is 14.5 Å². The van der Waals surface area contributed by atoms with Gasteiger partial charge in [0.15, 0.2) is 0 Å². The van der Waals surface area contributed by atoms with Crippen molar-refractivity contribution in [3.8, 4) is 0 Å². The summed E-state index contributed by atoms with van der Waals surface area (Å²) >= 11 is 0. The number of benzene rings is 1. The van der Waals surface area contributed by atoms with Gasteiger partial charge in [-0.15, -0.1) is 4.33 Å². The topological polar surface area (TPSA) is 63.6 Å². The van der Waals surface area contributed by atoms with Crippen molar-refractivity contribution in [2.24, 2.45) is 0 Å². The Labute approximate surface area is 76.8 Å². The van der Waals surface area contributed by atoms with Gasteiger partial charge in [0, 0.05) is 0 Å². The van der Waals surface area contributed by atoms with Crippen LogP contribution < -0.4 is 0 Å². The Bertz CT molecular complexity index is 408. The summed E-state index contributed by atoms with van der Waals surface area (Å²) in [5.74, 6) is 0. The molecule has 0 aliphatic heterocycles. The Hall–Kier alpha value is -0.910. The first-order valence-corrected chi connectivity index (χ1v) is 5.03. The van der Waals surface area contributed by atoms with Crippen LogP contribution in [-0.4, -0.2) is 13.7 Å². The molecule has 1 aromatic rings. The summed E-state index contributed by atoms with van der Waals surface area (Å²) in [6.45, 7) is 3.49. The first-order valence-electron chi connectivity index (χ1n) is 3.62. The van der Waals surface area contributed by atoms with Gasteiger partial charge in [0.2, 0.25) is 0 Å². The van der Waals surface area contributed by atoms with Gasteiger partial charge in [-0.25, -0.2) is 5.26 Å². The van der Waals surface area contributed by atoms with Gasteiger partial charge in [-0.1, -0.05) is 17.7 Å². The molecule has 5 heteroatoms. The fourth-order valence-corrected chi connectivity index (χ4v) is 1.89. The number of rotatable bonds is 2. The number of hydrogen-bond acceptors (Lipinski definition) is 4. The quantitative estimate of drug-likeness (QED) is 0.582. The van der Waals surface area contributed by atoms with E-state index in [0.29, 0.717) is 5.56 Å². The lowest BCUT2D eigenvalue weighted by atomic mass is 10.2. The van der Waals surface area contributed by atoms with Crippen molar-refractivity contribution in [2.75, 3.05) is 0 Å². The van der Waals surface area contributed by atoms with Crippen LogP contribution >= 0.6 is 0 Å². The molecule has 1 aromatic carbocycles. The number of aryl methyl sites for hydroxylation is 2. The van der Waals surface area contributed by atoms with E-state index in [1.54, 1.807) is 19.1 Å². The third kappa shape index (κ3) is 2.06. The Morgan fingerprint density at radius 2 is 1.92 bits per heavy atom. The molecule has 0 radical (unpaired) electrons. The van der Waals surface area contributed by atoms with E-state index in [4.69, 9.17) is 5.26 Å². The van der Waals surface area contributed by atoms with E-state index in [-0.39, 0.29) is 4.90 Å². The molecule has 72 valence electrons. The molecule has 0 amide bonds. The third-order valence-corrected chi connectivity index (χ3v) is 2.89. The Balaban J connectivity index is 3.33. The summed E-state index contributed by atoms with van der Waals surface area (Å²) in [5, 5.41) is 8.15. The van der Waals surface area contributed by atoms with E-state index in [1.165, 1.54) is 6.07 Å². The molecule has 1 N–H and O–H groups in total. The minimum Gasteiger partial charge on any atom is -0.235 e. The van der Waals surface area contributed by atoms with Gasteiger partial charge < -0.3 is 0 Å². The van der Waals surface area contributed by atoms with Crippen molar-refractivity contribution < 1.29 is 18.0 Å². The first-order chi connectivity index (χ1) is 5.97. The van der Waals surface area contributed by atoms with E-state index in [9.17, 15) is 8.42 Å². The highest BCUT2D eigenvalue weighted by Crippen LogP contribution is 2.17. The van der Waals surface area contributed by atoms with Gasteiger partial charge >= 0.3 is 10.1 Å². The zero-order chi connectivity index (χ0) is 10.1. The normalized spacial score (nSPS) is 11.6. The predicted molar refractivity (Wildman–Crippen MR) is 46.8 cm³/mol. The van der Waals surface area contributed by atoms with Gasteiger partial charge in [-0.05, 0) is 25.5 Å². The molecule has 0 heterocycles. The van der Waals surface area contributed by atoms with Crippen LogP contribution in [0.1, 0.15) is 11.1 Å². The number of hydrogen-bond donors (Lipinski definition) is 1. The zero-order valence-electron chi connectivity index (χ0n) is 7.31. The van der Waals surface area contributed by atoms with E-state index in [2.05, 4.69) is 4.33 Å². The zero-order valence-corrected chi connectivity index (χ0v) is 8.13. The van der Waals surface area contributed by atoms with Crippen molar-refractivity contribution in [3.05, 3.63) is 29.3 Å². The molecule has 0 atom stereocenters. The molecule has 0 aliphatic carbocycles. The largest absolute Gasteiger partial charge is 0.323 e. The molecule has 0 unspecified atom stereocenters. The Morgan fingerprint density at radius 3 is 2.38 bits per heavy atom. The van der Waals surface area contributed by atoms with Crippen LogP contribution in [0.15, 0.2) is 23.1 Å². The standard InChI is InChI=1S/C8H10O4S/c1-6-3-4-8(7(2)5-6)13(10,11)12-9/h3-5,9H,1-2H3. The molecule has 0 saturated heterocycles. The predicted octanol–water partition coefficient (Wildman–Crippen LogP) is 1.48. The van der Waals surface area contributed by atoms with Crippen LogP contribution in [0.4, 0.5) is 0 Å². The van der Waals surface area contributed by atoms with E-state index in [0.717, 1.165) is 5.56 Å². The van der Waals surface area contributed by atoms with Crippen LogP contribution in [0.5, 0.6) is 0 Å². The van der Waals surface area contributed by atoms with Crippen molar-refractivity contribution >= 4 is 10.1 Å². The maximum Gasteiger partial charge on any atom is 0.323 e. The smallest absolute Gasteiger partial charge is 0.235 e. The SMILES string of the molecule is Cc1ccc(S(=O)(=O)OO)c(C)c1. The van der Waals surface area contributed by atoms with Gasteiger partial charge in [0.1, 0.15) is 0 Å². The summed E-state index contributed by atoms with van der Waals surface area (Å²) in [7, 11) is -3.99. The van der Waals surface area contributed by atoms with Crippen molar-refractivity contribution in [1.82, 2.24) is 0 Å². The second kappa shape index (κ2) is 3.45. The Morgan fingerprint density at radius 1 is 1.31 bits per heavy atom. The maximum absolute atomic E-state index is 11.1. The molecule has 0 spiro atoms. The molecule has 13 heavy (non-hydrogen) atoms. The lowest BCUT2D eigenvalue weighted by molar-refractivity contribution is -0.130. The van der Waals surface area contributed by atoms with Gasteiger partial charge in [0.25, 0.3) is 0 Å². The highest BCUT2D eigenvalue weighted by atomic mass is 32.2. The average molecular weight is 202 g/mol. The summed E-state index contributed by atoms with van der Waals surface area (Å²) < 4.78 is 25.5. The van der Waals surface area contributed by atoms with Crippen molar-refractivity contribution in [1.29, 1.82) is 0 Å². The van der Waals surface area contributed by atoms with Gasteiger partial charge in [0.05, 0.1) is 4.90 Å². The molecule has 1 rings (SSSR count). The second-order valence-electron chi connectivity index (χ2n) is 2.80.